The van der Waals surface area contributed by atoms with Crippen LogP contribution in [0.2, 0.25) is 0 Å². The molecule has 1 aromatic heterocycles. The highest BCUT2D eigenvalue weighted by Gasteiger charge is 1.91. The van der Waals surface area contributed by atoms with Crippen LogP contribution >= 0.6 is 0 Å². The van der Waals surface area contributed by atoms with Gasteiger partial charge in [-0.05, 0) is 6.07 Å². The van der Waals surface area contributed by atoms with Gasteiger partial charge in [0, 0.05) is 38.4 Å². The maximum atomic E-state index is 10.2. The van der Waals surface area contributed by atoms with E-state index in [4.69, 9.17) is 0 Å². The Kier molecular flexibility index (Phi) is 4.81. The van der Waals surface area contributed by atoms with Gasteiger partial charge in [0.1, 0.15) is 0 Å². The standard InChI is InChI=1S/C4H4N2O.C4H10N2/c7-4-2-1-3-5-6-4;1-2-6-4-3-5-1/h1-3H,(H,6,7);5-6H,1-4H2. The minimum atomic E-state index is -0.164. The molecule has 2 heterocycles. The van der Waals surface area contributed by atoms with Crippen molar-refractivity contribution in [1.82, 2.24) is 20.8 Å². The molecule has 5 nitrogen and oxygen atoms in total. The van der Waals surface area contributed by atoms with E-state index in [0.717, 1.165) is 26.2 Å². The van der Waals surface area contributed by atoms with Gasteiger partial charge in [0.05, 0.1) is 0 Å². The van der Waals surface area contributed by atoms with Crippen molar-refractivity contribution in [3.63, 3.8) is 0 Å². The summed E-state index contributed by atoms with van der Waals surface area (Å²) < 4.78 is 0. The van der Waals surface area contributed by atoms with Gasteiger partial charge in [-0.15, -0.1) is 0 Å². The predicted molar refractivity (Wildman–Crippen MR) is 50.6 cm³/mol. The molecule has 0 amide bonds. The first-order valence-corrected chi connectivity index (χ1v) is 4.31. The molecule has 0 atom stereocenters. The van der Waals surface area contributed by atoms with E-state index in [0.29, 0.717) is 0 Å². The van der Waals surface area contributed by atoms with Crippen molar-refractivity contribution in [2.45, 2.75) is 0 Å². The quantitative estimate of drug-likeness (QED) is 0.479. The fourth-order valence-corrected chi connectivity index (χ4v) is 0.915. The molecule has 0 radical (unpaired) electrons. The van der Waals surface area contributed by atoms with Crippen LogP contribution < -0.4 is 16.2 Å². The predicted octanol–water partition coefficient (Wildman–Crippen LogP) is -1.05. The number of nitrogens with one attached hydrogen (secondary N) is 3. The van der Waals surface area contributed by atoms with Gasteiger partial charge in [-0.3, -0.25) is 4.79 Å². The molecule has 1 saturated heterocycles. The number of H-pyrrole nitrogens is 1. The van der Waals surface area contributed by atoms with E-state index in [1.165, 1.54) is 12.3 Å². The van der Waals surface area contributed by atoms with Crippen LogP contribution in [0.4, 0.5) is 0 Å². The van der Waals surface area contributed by atoms with E-state index in [1.54, 1.807) is 6.07 Å². The van der Waals surface area contributed by atoms with E-state index in [1.807, 2.05) is 0 Å². The maximum Gasteiger partial charge on any atom is 0.264 e. The summed E-state index contributed by atoms with van der Waals surface area (Å²) in [5.74, 6) is 0. The molecule has 5 heteroatoms. The van der Waals surface area contributed by atoms with E-state index in [-0.39, 0.29) is 5.56 Å². The Labute approximate surface area is 76.6 Å². The van der Waals surface area contributed by atoms with Crippen molar-refractivity contribution in [2.24, 2.45) is 0 Å². The lowest BCUT2D eigenvalue weighted by molar-refractivity contribution is 0.534. The van der Waals surface area contributed by atoms with E-state index in [2.05, 4.69) is 20.8 Å². The second kappa shape index (κ2) is 6.33. The summed E-state index contributed by atoms with van der Waals surface area (Å²) in [6.07, 6.45) is 1.52. The van der Waals surface area contributed by atoms with Gasteiger partial charge in [-0.25, -0.2) is 5.10 Å². The van der Waals surface area contributed by atoms with Crippen molar-refractivity contribution in [3.8, 4) is 0 Å². The molecule has 0 spiro atoms. The molecule has 1 fully saturated rings. The summed E-state index contributed by atoms with van der Waals surface area (Å²) in [5, 5.41) is 12.1. The Morgan fingerprint density at radius 2 is 1.77 bits per heavy atom. The second-order valence-corrected chi connectivity index (χ2v) is 2.61. The van der Waals surface area contributed by atoms with Crippen molar-refractivity contribution >= 4 is 0 Å². The van der Waals surface area contributed by atoms with Gasteiger partial charge in [-0.1, -0.05) is 0 Å². The lowest BCUT2D eigenvalue weighted by atomic mass is 10.4. The average molecular weight is 182 g/mol. The van der Waals surface area contributed by atoms with Crippen molar-refractivity contribution < 1.29 is 0 Å². The SMILES string of the molecule is C1CNCCN1.O=c1cccn[nH]1. The highest BCUT2D eigenvalue weighted by atomic mass is 16.1. The van der Waals surface area contributed by atoms with Crippen LogP contribution in [-0.4, -0.2) is 36.4 Å². The van der Waals surface area contributed by atoms with Gasteiger partial charge in [0.15, 0.2) is 0 Å². The summed E-state index contributed by atoms with van der Waals surface area (Å²) >= 11 is 0. The third kappa shape index (κ3) is 5.10. The molecule has 0 bridgehead atoms. The van der Waals surface area contributed by atoms with E-state index < -0.39 is 0 Å². The number of rotatable bonds is 0. The summed E-state index contributed by atoms with van der Waals surface area (Å²) in [6.45, 7) is 4.56. The van der Waals surface area contributed by atoms with Crippen molar-refractivity contribution in [3.05, 3.63) is 28.7 Å². The van der Waals surface area contributed by atoms with Crippen LogP contribution in [0.3, 0.4) is 0 Å². The minimum Gasteiger partial charge on any atom is -0.314 e. The number of aromatic amines is 1. The number of hydrogen-bond acceptors (Lipinski definition) is 4. The lowest BCUT2D eigenvalue weighted by Crippen LogP contribution is -2.39. The van der Waals surface area contributed by atoms with Crippen LogP contribution in [0.15, 0.2) is 23.1 Å². The van der Waals surface area contributed by atoms with Gasteiger partial charge in [-0.2, -0.15) is 5.10 Å². The third-order valence-electron chi connectivity index (χ3n) is 1.54. The van der Waals surface area contributed by atoms with E-state index in [9.17, 15) is 4.79 Å². The molecule has 0 saturated carbocycles. The second-order valence-electron chi connectivity index (χ2n) is 2.61. The van der Waals surface area contributed by atoms with Crippen LogP contribution in [0.25, 0.3) is 0 Å². The van der Waals surface area contributed by atoms with Crippen LogP contribution in [0.5, 0.6) is 0 Å². The maximum absolute atomic E-state index is 10.2. The molecule has 1 aromatic rings. The molecular weight excluding hydrogens is 168 g/mol. The molecule has 0 aliphatic carbocycles. The number of piperazine rings is 1. The van der Waals surface area contributed by atoms with Gasteiger partial charge in [0.2, 0.25) is 0 Å². The molecule has 1 aliphatic heterocycles. The Hall–Kier alpha value is -1.20. The lowest BCUT2D eigenvalue weighted by Gasteiger charge is -2.11. The Balaban J connectivity index is 0.000000132. The zero-order valence-corrected chi connectivity index (χ0v) is 7.42. The largest absolute Gasteiger partial charge is 0.314 e. The Bertz CT molecular complexity index is 240. The Morgan fingerprint density at radius 3 is 2.00 bits per heavy atom. The number of hydrogen-bond donors (Lipinski definition) is 3. The fraction of sp³-hybridized carbons (Fsp3) is 0.500. The van der Waals surface area contributed by atoms with Crippen molar-refractivity contribution in [1.29, 1.82) is 0 Å². The fourth-order valence-electron chi connectivity index (χ4n) is 0.915. The molecule has 3 N–H and O–H groups in total. The smallest absolute Gasteiger partial charge is 0.264 e. The van der Waals surface area contributed by atoms with Crippen molar-refractivity contribution in [2.75, 3.05) is 26.2 Å². The summed E-state index contributed by atoms with van der Waals surface area (Å²) in [5.41, 5.74) is -0.164. The molecule has 0 unspecified atom stereocenters. The number of nitrogens with zero attached hydrogens (tertiary/aromatic N) is 1. The zero-order valence-electron chi connectivity index (χ0n) is 7.42. The highest BCUT2D eigenvalue weighted by Crippen LogP contribution is 1.65. The first-order valence-electron chi connectivity index (χ1n) is 4.31. The number of aromatic nitrogens is 2. The highest BCUT2D eigenvalue weighted by molar-refractivity contribution is 4.81. The van der Waals surface area contributed by atoms with Crippen LogP contribution in [-0.2, 0) is 0 Å². The van der Waals surface area contributed by atoms with E-state index >= 15 is 0 Å². The average Bonchev–Trinajstić information content (AvgIpc) is 2.22. The van der Waals surface area contributed by atoms with Gasteiger partial charge < -0.3 is 10.6 Å². The first-order chi connectivity index (χ1) is 6.39. The van der Waals surface area contributed by atoms with Gasteiger partial charge in [0.25, 0.3) is 5.56 Å². The van der Waals surface area contributed by atoms with Crippen LogP contribution in [0.1, 0.15) is 0 Å². The molecule has 13 heavy (non-hydrogen) atoms. The summed E-state index contributed by atoms with van der Waals surface area (Å²) in [7, 11) is 0. The molecular formula is C8H14N4O. The molecule has 72 valence electrons. The normalized spacial score (nSPS) is 15.7. The minimum absolute atomic E-state index is 0.164. The molecule has 1 aliphatic rings. The Morgan fingerprint density at radius 1 is 1.15 bits per heavy atom. The molecule has 0 aromatic carbocycles. The topological polar surface area (TPSA) is 69.8 Å². The summed E-state index contributed by atoms with van der Waals surface area (Å²) in [4.78, 5) is 10.2. The first kappa shape index (κ1) is 9.88. The molecule has 2 rings (SSSR count). The monoisotopic (exact) mass is 182 g/mol. The third-order valence-corrected chi connectivity index (χ3v) is 1.54. The van der Waals surface area contributed by atoms with Gasteiger partial charge >= 0.3 is 0 Å². The summed E-state index contributed by atoms with van der Waals surface area (Å²) in [6, 6.07) is 2.99. The van der Waals surface area contributed by atoms with Crippen LogP contribution in [0, 0.1) is 0 Å². The zero-order chi connectivity index (χ0) is 9.36.